The Kier molecular flexibility index (Phi) is 4.82. The Hall–Kier alpha value is -0.380. The Morgan fingerprint density at radius 2 is 2.17 bits per heavy atom. The van der Waals surface area contributed by atoms with Crippen molar-refractivity contribution in [3.8, 4) is 0 Å². The molecule has 0 amide bonds. The largest absolute Gasteiger partial charge is 0.329 e. The molecule has 1 saturated heterocycles. The zero-order valence-electron chi connectivity index (χ0n) is 11.9. The van der Waals surface area contributed by atoms with Crippen molar-refractivity contribution in [2.24, 2.45) is 5.73 Å². The van der Waals surface area contributed by atoms with Crippen molar-refractivity contribution >= 4 is 11.3 Å². The summed E-state index contributed by atoms with van der Waals surface area (Å²) in [7, 11) is 0. The van der Waals surface area contributed by atoms with Gasteiger partial charge in [-0.05, 0) is 51.8 Å². The quantitative estimate of drug-likeness (QED) is 0.905. The third kappa shape index (κ3) is 2.95. The van der Waals surface area contributed by atoms with Crippen LogP contribution in [0.15, 0.2) is 6.07 Å². The lowest BCUT2D eigenvalue weighted by molar-refractivity contribution is 0.150. The van der Waals surface area contributed by atoms with Crippen molar-refractivity contribution in [2.45, 2.75) is 58.5 Å². The van der Waals surface area contributed by atoms with Crippen molar-refractivity contribution in [1.29, 1.82) is 0 Å². The normalized spacial score (nSPS) is 23.9. The van der Waals surface area contributed by atoms with Crippen molar-refractivity contribution in [3.63, 3.8) is 0 Å². The molecule has 2 atom stereocenters. The number of rotatable bonds is 3. The maximum atomic E-state index is 6.09. The molecule has 1 aliphatic heterocycles. The van der Waals surface area contributed by atoms with Crippen LogP contribution in [0.1, 0.15) is 54.0 Å². The fourth-order valence-electron chi connectivity index (χ4n) is 3.18. The molecule has 102 valence electrons. The highest BCUT2D eigenvalue weighted by Gasteiger charge is 2.26. The molecular weight excluding hydrogens is 240 g/mol. The second-order valence-corrected chi connectivity index (χ2v) is 7.02. The molecule has 2 heterocycles. The molecule has 2 N–H and O–H groups in total. The molecule has 0 saturated carbocycles. The number of aryl methyl sites for hydroxylation is 2. The van der Waals surface area contributed by atoms with Gasteiger partial charge < -0.3 is 5.73 Å². The molecule has 0 aromatic carbocycles. The van der Waals surface area contributed by atoms with Gasteiger partial charge in [-0.15, -0.1) is 11.3 Å². The Bertz CT molecular complexity index is 386. The summed E-state index contributed by atoms with van der Waals surface area (Å²) in [5.41, 5.74) is 7.56. The molecule has 1 aromatic rings. The first-order valence-corrected chi connectivity index (χ1v) is 7.98. The van der Waals surface area contributed by atoms with Crippen LogP contribution in [0, 0.1) is 13.8 Å². The highest BCUT2D eigenvalue weighted by Crippen LogP contribution is 2.32. The summed E-state index contributed by atoms with van der Waals surface area (Å²) in [6, 6.07) is 3.43. The van der Waals surface area contributed by atoms with Crippen LogP contribution in [0.5, 0.6) is 0 Å². The van der Waals surface area contributed by atoms with E-state index in [2.05, 4.69) is 31.7 Å². The monoisotopic (exact) mass is 266 g/mol. The minimum atomic E-state index is 0.419. The van der Waals surface area contributed by atoms with Crippen LogP contribution < -0.4 is 5.73 Å². The van der Waals surface area contributed by atoms with E-state index in [0.29, 0.717) is 12.1 Å². The number of hydrogen-bond acceptors (Lipinski definition) is 3. The molecule has 2 nitrogen and oxygen atoms in total. The summed E-state index contributed by atoms with van der Waals surface area (Å²) in [6.07, 6.45) is 5.39. The van der Waals surface area contributed by atoms with Crippen LogP contribution >= 0.6 is 11.3 Å². The Morgan fingerprint density at radius 3 is 2.78 bits per heavy atom. The molecular formula is C15H26N2S. The van der Waals surface area contributed by atoms with Gasteiger partial charge in [-0.2, -0.15) is 0 Å². The van der Waals surface area contributed by atoms with E-state index in [-0.39, 0.29) is 0 Å². The molecule has 18 heavy (non-hydrogen) atoms. The minimum absolute atomic E-state index is 0.419. The first-order chi connectivity index (χ1) is 8.63. The van der Waals surface area contributed by atoms with E-state index in [1.807, 2.05) is 11.3 Å². The predicted octanol–water partition coefficient (Wildman–Crippen LogP) is 3.63. The van der Waals surface area contributed by atoms with Crippen molar-refractivity contribution < 1.29 is 0 Å². The molecule has 3 heteroatoms. The van der Waals surface area contributed by atoms with Gasteiger partial charge in [0.25, 0.3) is 0 Å². The summed E-state index contributed by atoms with van der Waals surface area (Å²) < 4.78 is 0. The molecule has 1 aromatic heterocycles. The number of nitrogens with zero attached hydrogens (tertiary/aromatic N) is 1. The number of nitrogens with two attached hydrogens (primary N) is 1. The molecule has 0 radical (unpaired) electrons. The summed E-state index contributed by atoms with van der Waals surface area (Å²) in [4.78, 5) is 5.49. The van der Waals surface area contributed by atoms with Gasteiger partial charge in [0, 0.05) is 28.4 Å². The van der Waals surface area contributed by atoms with E-state index in [1.54, 1.807) is 0 Å². The average Bonchev–Trinajstić information content (AvgIpc) is 2.53. The van der Waals surface area contributed by atoms with E-state index in [1.165, 1.54) is 47.5 Å². The lowest BCUT2D eigenvalue weighted by atomic mass is 10.0. The zero-order chi connectivity index (χ0) is 13.1. The minimum Gasteiger partial charge on any atom is -0.329 e. The number of thiophene rings is 1. The van der Waals surface area contributed by atoms with E-state index in [9.17, 15) is 0 Å². The summed E-state index contributed by atoms with van der Waals surface area (Å²) >= 11 is 1.90. The number of hydrogen-bond donors (Lipinski definition) is 1. The third-order valence-electron chi connectivity index (χ3n) is 4.17. The molecule has 1 aliphatic rings. The van der Waals surface area contributed by atoms with Crippen LogP contribution in [-0.2, 0) is 0 Å². The molecule has 2 rings (SSSR count). The first kappa shape index (κ1) is 14.0. The smallest absolute Gasteiger partial charge is 0.0484 e. The fraction of sp³-hybridized carbons (Fsp3) is 0.733. The maximum absolute atomic E-state index is 6.09. The van der Waals surface area contributed by atoms with Crippen LogP contribution in [-0.4, -0.2) is 24.0 Å². The van der Waals surface area contributed by atoms with E-state index in [4.69, 9.17) is 5.73 Å². The van der Waals surface area contributed by atoms with Gasteiger partial charge in [-0.25, -0.2) is 0 Å². The second-order valence-electron chi connectivity index (χ2n) is 5.56. The number of likely N-dealkylation sites (tertiary alicyclic amines) is 1. The molecule has 1 fully saturated rings. The molecule has 2 unspecified atom stereocenters. The van der Waals surface area contributed by atoms with Gasteiger partial charge >= 0.3 is 0 Å². The van der Waals surface area contributed by atoms with Crippen LogP contribution in [0.4, 0.5) is 0 Å². The SMILES string of the molecule is Cc1cc(C(CN)N2CCCCCC2C)c(C)s1. The van der Waals surface area contributed by atoms with Gasteiger partial charge in [0.1, 0.15) is 0 Å². The predicted molar refractivity (Wildman–Crippen MR) is 80.2 cm³/mol. The topological polar surface area (TPSA) is 29.3 Å². The highest BCUT2D eigenvalue weighted by atomic mass is 32.1. The highest BCUT2D eigenvalue weighted by molar-refractivity contribution is 7.12. The van der Waals surface area contributed by atoms with Crippen LogP contribution in [0.2, 0.25) is 0 Å². The Labute approximate surface area is 115 Å². The van der Waals surface area contributed by atoms with Gasteiger partial charge in [-0.3, -0.25) is 4.90 Å². The van der Waals surface area contributed by atoms with E-state index < -0.39 is 0 Å². The van der Waals surface area contributed by atoms with Gasteiger partial charge in [0.2, 0.25) is 0 Å². The Balaban J connectivity index is 2.23. The van der Waals surface area contributed by atoms with Crippen molar-refractivity contribution in [1.82, 2.24) is 4.90 Å². The third-order valence-corrected chi connectivity index (χ3v) is 5.15. The summed E-state index contributed by atoms with van der Waals surface area (Å²) in [5, 5.41) is 0. The van der Waals surface area contributed by atoms with E-state index >= 15 is 0 Å². The van der Waals surface area contributed by atoms with Gasteiger partial charge in [-0.1, -0.05) is 12.8 Å². The zero-order valence-corrected chi connectivity index (χ0v) is 12.7. The maximum Gasteiger partial charge on any atom is 0.0484 e. The van der Waals surface area contributed by atoms with Gasteiger partial charge in [0.05, 0.1) is 0 Å². The molecule has 0 spiro atoms. The fourth-order valence-corrected chi connectivity index (χ4v) is 4.16. The molecule has 0 bridgehead atoms. The lowest BCUT2D eigenvalue weighted by Gasteiger charge is -2.35. The van der Waals surface area contributed by atoms with Crippen LogP contribution in [0.25, 0.3) is 0 Å². The Morgan fingerprint density at radius 1 is 1.39 bits per heavy atom. The average molecular weight is 266 g/mol. The summed E-state index contributed by atoms with van der Waals surface area (Å²) in [6.45, 7) is 8.74. The molecule has 0 aliphatic carbocycles. The van der Waals surface area contributed by atoms with Crippen LogP contribution in [0.3, 0.4) is 0 Å². The standard InChI is InChI=1S/C15H26N2S/c1-11-7-5-4-6-8-17(11)15(10-16)14-9-12(2)18-13(14)3/h9,11,15H,4-8,10,16H2,1-3H3. The first-order valence-electron chi connectivity index (χ1n) is 7.16. The summed E-state index contributed by atoms with van der Waals surface area (Å²) in [5.74, 6) is 0. The lowest BCUT2D eigenvalue weighted by Crippen LogP contribution is -2.39. The van der Waals surface area contributed by atoms with E-state index in [0.717, 1.165) is 6.54 Å². The van der Waals surface area contributed by atoms with Crippen molar-refractivity contribution in [2.75, 3.05) is 13.1 Å². The second kappa shape index (κ2) is 6.18. The van der Waals surface area contributed by atoms with Crippen molar-refractivity contribution in [3.05, 3.63) is 21.4 Å². The van der Waals surface area contributed by atoms with Gasteiger partial charge in [0.15, 0.2) is 0 Å².